The summed E-state index contributed by atoms with van der Waals surface area (Å²) in [5.41, 5.74) is -0.251. The Hall–Kier alpha value is -2.91. The van der Waals surface area contributed by atoms with Crippen LogP contribution in [0.2, 0.25) is 0 Å². The van der Waals surface area contributed by atoms with Gasteiger partial charge in [0.05, 0.1) is 0 Å². The monoisotopic (exact) mass is 370 g/mol. The summed E-state index contributed by atoms with van der Waals surface area (Å²) in [7, 11) is 1.57. The van der Waals surface area contributed by atoms with Crippen LogP contribution in [0.4, 0.5) is 23.5 Å². The van der Waals surface area contributed by atoms with Crippen LogP contribution in [0, 0.1) is 5.82 Å². The van der Waals surface area contributed by atoms with Gasteiger partial charge in [0.2, 0.25) is 5.95 Å². The van der Waals surface area contributed by atoms with E-state index in [2.05, 4.69) is 30.9 Å². The molecule has 0 unspecified atom stereocenters. The van der Waals surface area contributed by atoms with Gasteiger partial charge in [-0.05, 0) is 23.8 Å². The van der Waals surface area contributed by atoms with Crippen LogP contribution in [0.3, 0.4) is 0 Å². The van der Waals surface area contributed by atoms with Crippen LogP contribution in [-0.4, -0.2) is 36.1 Å². The fourth-order valence-electron chi connectivity index (χ4n) is 2.01. The molecule has 0 bridgehead atoms. The van der Waals surface area contributed by atoms with E-state index in [1.165, 1.54) is 12.1 Å². The minimum atomic E-state index is -4.51. The molecule has 2 rings (SSSR count). The van der Waals surface area contributed by atoms with Crippen molar-refractivity contribution in [3.63, 3.8) is 0 Å². The number of alkyl halides is 3. The predicted octanol–water partition coefficient (Wildman–Crippen LogP) is 2.41. The number of aromatic nitrogens is 2. The van der Waals surface area contributed by atoms with Crippen LogP contribution in [0.1, 0.15) is 11.3 Å². The van der Waals surface area contributed by atoms with Crippen molar-refractivity contribution in [1.82, 2.24) is 20.6 Å². The first kappa shape index (κ1) is 19.4. The number of benzene rings is 1. The summed E-state index contributed by atoms with van der Waals surface area (Å²) >= 11 is 0. The number of hydrogen-bond acceptors (Lipinski definition) is 4. The van der Waals surface area contributed by atoms with Gasteiger partial charge in [-0.1, -0.05) is 12.1 Å². The van der Waals surface area contributed by atoms with Crippen molar-refractivity contribution in [2.45, 2.75) is 12.7 Å². The van der Waals surface area contributed by atoms with E-state index in [4.69, 9.17) is 0 Å². The molecule has 0 amide bonds. The number of rotatable bonds is 6. The fraction of sp³-hybridized carbons (Fsp3) is 0.312. The van der Waals surface area contributed by atoms with Gasteiger partial charge in [0.15, 0.2) is 5.96 Å². The molecule has 0 saturated carbocycles. The van der Waals surface area contributed by atoms with Gasteiger partial charge in [-0.15, -0.1) is 0 Å². The van der Waals surface area contributed by atoms with Gasteiger partial charge in [0.1, 0.15) is 11.5 Å². The van der Waals surface area contributed by atoms with E-state index < -0.39 is 11.9 Å². The van der Waals surface area contributed by atoms with Gasteiger partial charge in [-0.25, -0.2) is 14.4 Å². The summed E-state index contributed by atoms with van der Waals surface area (Å²) < 4.78 is 50.9. The zero-order valence-electron chi connectivity index (χ0n) is 13.9. The first-order chi connectivity index (χ1) is 12.4. The van der Waals surface area contributed by atoms with Crippen LogP contribution in [0.15, 0.2) is 41.5 Å². The van der Waals surface area contributed by atoms with Crippen molar-refractivity contribution in [3.05, 3.63) is 53.6 Å². The molecule has 0 aliphatic heterocycles. The Bertz CT molecular complexity index is 748. The van der Waals surface area contributed by atoms with E-state index >= 15 is 0 Å². The maximum Gasteiger partial charge on any atom is 0.433 e. The Morgan fingerprint density at radius 2 is 1.96 bits per heavy atom. The predicted molar refractivity (Wildman–Crippen MR) is 90.1 cm³/mol. The second kappa shape index (κ2) is 8.97. The van der Waals surface area contributed by atoms with Crippen LogP contribution in [0.25, 0.3) is 0 Å². The average molecular weight is 370 g/mol. The first-order valence-electron chi connectivity index (χ1n) is 7.71. The lowest BCUT2D eigenvalue weighted by molar-refractivity contribution is -0.141. The molecule has 1 aromatic heterocycles. The molecule has 0 radical (unpaired) electrons. The Kier molecular flexibility index (Phi) is 6.70. The molecule has 1 heterocycles. The third-order valence-electron chi connectivity index (χ3n) is 3.22. The van der Waals surface area contributed by atoms with Crippen LogP contribution < -0.4 is 16.0 Å². The molecule has 0 fully saturated rings. The Balaban J connectivity index is 1.76. The third-order valence-corrected chi connectivity index (χ3v) is 3.22. The maximum atomic E-state index is 13.1. The second-order valence-corrected chi connectivity index (χ2v) is 5.17. The lowest BCUT2D eigenvalue weighted by Crippen LogP contribution is -2.39. The summed E-state index contributed by atoms with van der Waals surface area (Å²) in [4.78, 5) is 11.2. The number of anilines is 1. The Morgan fingerprint density at radius 3 is 2.65 bits per heavy atom. The number of hydrogen-bond donors (Lipinski definition) is 3. The fourth-order valence-corrected chi connectivity index (χ4v) is 2.01. The van der Waals surface area contributed by atoms with Crippen molar-refractivity contribution in [3.8, 4) is 0 Å². The van der Waals surface area contributed by atoms with Crippen molar-refractivity contribution >= 4 is 11.9 Å². The van der Waals surface area contributed by atoms with E-state index in [-0.39, 0.29) is 18.3 Å². The number of aliphatic imine (C=N–C) groups is 1. The van der Waals surface area contributed by atoms with Crippen molar-refractivity contribution in [2.75, 3.05) is 25.5 Å². The summed E-state index contributed by atoms with van der Waals surface area (Å²) in [5.74, 6) is 0.0443. The van der Waals surface area contributed by atoms with Gasteiger partial charge < -0.3 is 16.0 Å². The summed E-state index contributed by atoms with van der Waals surface area (Å²) in [6.45, 7) is 1.02. The van der Waals surface area contributed by atoms with Gasteiger partial charge in [-0.2, -0.15) is 13.2 Å². The van der Waals surface area contributed by atoms with Crippen LogP contribution in [0.5, 0.6) is 0 Å². The highest BCUT2D eigenvalue weighted by molar-refractivity contribution is 5.79. The number of nitrogens with one attached hydrogen (secondary N) is 3. The number of nitrogens with zero attached hydrogens (tertiary/aromatic N) is 3. The molecule has 0 saturated heterocycles. The molecule has 140 valence electrons. The minimum Gasteiger partial charge on any atom is -0.355 e. The average Bonchev–Trinajstić information content (AvgIpc) is 2.61. The lowest BCUT2D eigenvalue weighted by atomic mass is 10.2. The number of guanidine groups is 1. The van der Waals surface area contributed by atoms with E-state index in [0.29, 0.717) is 19.0 Å². The first-order valence-corrected chi connectivity index (χ1v) is 7.71. The van der Waals surface area contributed by atoms with E-state index in [0.717, 1.165) is 17.8 Å². The largest absolute Gasteiger partial charge is 0.433 e. The second-order valence-electron chi connectivity index (χ2n) is 5.17. The quantitative estimate of drug-likeness (QED) is 0.315. The molecule has 2 aromatic rings. The van der Waals surface area contributed by atoms with Crippen molar-refractivity contribution < 1.29 is 17.6 Å². The zero-order chi connectivity index (χ0) is 19.0. The van der Waals surface area contributed by atoms with E-state index in [9.17, 15) is 17.6 Å². The summed E-state index contributed by atoms with van der Waals surface area (Å²) in [5, 5.41) is 8.68. The lowest BCUT2D eigenvalue weighted by Gasteiger charge is -2.13. The molecule has 3 N–H and O–H groups in total. The third kappa shape index (κ3) is 6.19. The topological polar surface area (TPSA) is 74.2 Å². The standard InChI is InChI=1S/C16H18F4N6/c1-21-14(25-10-11-3-2-4-12(17)9-11)23-7-8-24-15-22-6-5-13(26-15)16(18,19)20/h2-6,9H,7-8,10H2,1H3,(H2,21,23,25)(H,22,24,26). The van der Waals surface area contributed by atoms with E-state index in [1.807, 2.05) is 0 Å². The Labute approximate surface area is 147 Å². The Morgan fingerprint density at radius 1 is 1.15 bits per heavy atom. The molecule has 1 aromatic carbocycles. The molecule has 26 heavy (non-hydrogen) atoms. The smallest absolute Gasteiger partial charge is 0.355 e. The van der Waals surface area contributed by atoms with Crippen LogP contribution >= 0.6 is 0 Å². The minimum absolute atomic E-state index is 0.107. The van der Waals surface area contributed by atoms with E-state index in [1.54, 1.807) is 19.2 Å². The SMILES string of the molecule is CN=C(NCCNc1nccc(C(F)(F)F)n1)NCc1cccc(F)c1. The molecular weight excluding hydrogens is 352 g/mol. The maximum absolute atomic E-state index is 13.1. The van der Waals surface area contributed by atoms with Crippen molar-refractivity contribution in [1.29, 1.82) is 0 Å². The normalized spacial score (nSPS) is 12.0. The molecule has 10 heteroatoms. The molecular formula is C16H18F4N6. The summed E-state index contributed by atoms with van der Waals surface area (Å²) in [6.07, 6.45) is -3.47. The highest BCUT2D eigenvalue weighted by atomic mass is 19.4. The highest BCUT2D eigenvalue weighted by Gasteiger charge is 2.32. The van der Waals surface area contributed by atoms with Gasteiger partial charge in [-0.3, -0.25) is 4.99 Å². The molecule has 0 aliphatic carbocycles. The molecule has 0 aliphatic rings. The van der Waals surface area contributed by atoms with Gasteiger partial charge >= 0.3 is 6.18 Å². The summed E-state index contributed by atoms with van der Waals surface area (Å²) in [6, 6.07) is 6.96. The molecule has 0 atom stereocenters. The van der Waals surface area contributed by atoms with Crippen LogP contribution in [-0.2, 0) is 12.7 Å². The van der Waals surface area contributed by atoms with Gasteiger partial charge in [0.25, 0.3) is 0 Å². The number of halogens is 4. The zero-order valence-corrected chi connectivity index (χ0v) is 13.9. The van der Waals surface area contributed by atoms with Gasteiger partial charge in [0, 0.05) is 32.9 Å². The molecule has 6 nitrogen and oxygen atoms in total. The highest BCUT2D eigenvalue weighted by Crippen LogP contribution is 2.27. The van der Waals surface area contributed by atoms with Crippen molar-refractivity contribution in [2.24, 2.45) is 4.99 Å². The molecule has 0 spiro atoms.